The van der Waals surface area contributed by atoms with E-state index in [1.807, 2.05) is 18.3 Å². The molecule has 19 heavy (non-hydrogen) atoms. The van der Waals surface area contributed by atoms with Crippen molar-refractivity contribution in [2.75, 3.05) is 12.0 Å². The molecule has 1 aromatic carbocycles. The van der Waals surface area contributed by atoms with Gasteiger partial charge in [-0.15, -0.1) is 0 Å². The lowest BCUT2D eigenvalue weighted by atomic mass is 9.92. The van der Waals surface area contributed by atoms with Gasteiger partial charge in [0.05, 0.1) is 16.4 Å². The fraction of sp³-hybridized carbons (Fsp3) is 0.357. The van der Waals surface area contributed by atoms with Crippen molar-refractivity contribution in [3.8, 4) is 11.4 Å². The Morgan fingerprint density at radius 2 is 2.11 bits per heavy atom. The number of phenolic OH excluding ortho intramolecular Hbond substituents is 1. The summed E-state index contributed by atoms with van der Waals surface area (Å²) in [6.45, 7) is 4.35. The van der Waals surface area contributed by atoms with Gasteiger partial charge >= 0.3 is 0 Å². The van der Waals surface area contributed by atoms with Crippen LogP contribution in [0.3, 0.4) is 0 Å². The second-order valence-corrected chi connectivity index (χ2v) is 6.37. The van der Waals surface area contributed by atoms with Gasteiger partial charge in [-0.1, -0.05) is 25.4 Å². The van der Waals surface area contributed by atoms with Crippen LogP contribution in [0.1, 0.15) is 19.5 Å². The molecule has 1 aromatic heterocycles. The maximum atomic E-state index is 9.64. The van der Waals surface area contributed by atoms with Crippen LogP contribution in [0.15, 0.2) is 30.5 Å². The lowest BCUT2D eigenvalue weighted by molar-refractivity contribution is 0.475. The summed E-state index contributed by atoms with van der Waals surface area (Å²) in [4.78, 5) is 0. The van der Waals surface area contributed by atoms with Gasteiger partial charge < -0.3 is 5.11 Å². The number of nitrogens with zero attached hydrogens (tertiary/aromatic N) is 2. The van der Waals surface area contributed by atoms with E-state index in [1.54, 1.807) is 28.6 Å². The van der Waals surface area contributed by atoms with Crippen molar-refractivity contribution >= 4 is 23.4 Å². The molecule has 0 atom stereocenters. The lowest BCUT2D eigenvalue weighted by Gasteiger charge is -2.20. The number of aromatic hydroxyl groups is 1. The van der Waals surface area contributed by atoms with E-state index in [0.717, 1.165) is 17.1 Å². The van der Waals surface area contributed by atoms with Crippen LogP contribution in [0, 0.1) is 0 Å². The maximum Gasteiger partial charge on any atom is 0.136 e. The second-order valence-electron chi connectivity index (χ2n) is 5.10. The van der Waals surface area contributed by atoms with Crippen molar-refractivity contribution in [1.82, 2.24) is 9.78 Å². The smallest absolute Gasteiger partial charge is 0.136 e. The molecule has 2 aromatic rings. The van der Waals surface area contributed by atoms with Crippen LogP contribution in [-0.4, -0.2) is 26.9 Å². The van der Waals surface area contributed by atoms with Crippen LogP contribution in [0.25, 0.3) is 5.69 Å². The molecule has 0 bridgehead atoms. The molecule has 0 amide bonds. The molecular formula is C14H17ClN2OS. The number of halogens is 1. The summed E-state index contributed by atoms with van der Waals surface area (Å²) in [5.41, 5.74) is 1.86. The van der Waals surface area contributed by atoms with Crippen molar-refractivity contribution in [2.45, 2.75) is 19.3 Å². The molecule has 0 aliphatic heterocycles. The van der Waals surface area contributed by atoms with Crippen LogP contribution < -0.4 is 0 Å². The molecule has 3 nitrogen and oxygen atoms in total. The number of hydrogen-bond acceptors (Lipinski definition) is 3. The normalized spacial score (nSPS) is 11.8. The van der Waals surface area contributed by atoms with Crippen molar-refractivity contribution in [1.29, 1.82) is 0 Å². The minimum absolute atomic E-state index is 0.0269. The Bertz CT molecular complexity index is 581. The molecule has 0 unspecified atom stereocenters. The monoisotopic (exact) mass is 296 g/mol. The number of thioether (sulfide) groups is 1. The summed E-state index contributed by atoms with van der Waals surface area (Å²) in [5.74, 6) is 1.08. The van der Waals surface area contributed by atoms with E-state index in [2.05, 4.69) is 25.2 Å². The Balaban J connectivity index is 2.33. The zero-order chi connectivity index (χ0) is 14.0. The Kier molecular flexibility index (Phi) is 4.11. The highest BCUT2D eigenvalue weighted by Gasteiger charge is 2.23. The van der Waals surface area contributed by atoms with Crippen LogP contribution in [0.5, 0.6) is 5.75 Å². The first kappa shape index (κ1) is 14.3. The van der Waals surface area contributed by atoms with Gasteiger partial charge in [-0.25, -0.2) is 4.68 Å². The number of rotatable bonds is 4. The second kappa shape index (κ2) is 5.47. The molecule has 0 aliphatic rings. The van der Waals surface area contributed by atoms with Crippen molar-refractivity contribution in [3.05, 3.63) is 41.2 Å². The Morgan fingerprint density at radius 3 is 2.74 bits per heavy atom. The SMILES string of the molecule is CSCC(C)(C)c1ccn(-c2ccc(Cl)c(O)c2)n1. The van der Waals surface area contributed by atoms with E-state index in [0.29, 0.717) is 5.02 Å². The van der Waals surface area contributed by atoms with Crippen molar-refractivity contribution in [2.24, 2.45) is 0 Å². The van der Waals surface area contributed by atoms with Crippen LogP contribution in [0.4, 0.5) is 0 Å². The zero-order valence-corrected chi connectivity index (χ0v) is 12.8. The molecule has 1 heterocycles. The largest absolute Gasteiger partial charge is 0.506 e. The molecule has 5 heteroatoms. The van der Waals surface area contributed by atoms with Gasteiger partial charge in [0.15, 0.2) is 0 Å². The van der Waals surface area contributed by atoms with E-state index in [4.69, 9.17) is 11.6 Å². The topological polar surface area (TPSA) is 38.0 Å². The average molecular weight is 297 g/mol. The maximum absolute atomic E-state index is 9.64. The molecule has 0 radical (unpaired) electrons. The van der Waals surface area contributed by atoms with Gasteiger partial charge in [0.25, 0.3) is 0 Å². The first-order valence-corrected chi connectivity index (χ1v) is 7.75. The van der Waals surface area contributed by atoms with E-state index >= 15 is 0 Å². The summed E-state index contributed by atoms with van der Waals surface area (Å²) in [6.07, 6.45) is 4.00. The molecule has 0 fully saturated rings. The molecule has 1 N–H and O–H groups in total. The predicted molar refractivity (Wildman–Crippen MR) is 81.6 cm³/mol. The van der Waals surface area contributed by atoms with Crippen LogP contribution in [-0.2, 0) is 5.41 Å². The highest BCUT2D eigenvalue weighted by molar-refractivity contribution is 7.98. The third-order valence-corrected chi connectivity index (χ3v) is 4.31. The van der Waals surface area contributed by atoms with E-state index in [1.165, 1.54) is 0 Å². The first-order chi connectivity index (χ1) is 8.94. The molecule has 0 saturated carbocycles. The number of aromatic nitrogens is 2. The standard InChI is InChI=1S/C14H17ClN2OS/c1-14(2,9-19-3)13-6-7-17(16-13)10-4-5-11(15)12(18)8-10/h4-8,18H,9H2,1-3H3. The minimum Gasteiger partial charge on any atom is -0.506 e. The van der Waals surface area contributed by atoms with Crippen molar-refractivity contribution < 1.29 is 5.11 Å². The molecule has 0 saturated heterocycles. The molecule has 0 spiro atoms. The third kappa shape index (κ3) is 3.07. The van der Waals surface area contributed by atoms with Gasteiger partial charge in [0, 0.05) is 23.4 Å². The zero-order valence-electron chi connectivity index (χ0n) is 11.2. The van der Waals surface area contributed by atoms with Gasteiger partial charge in [0.1, 0.15) is 5.75 Å². The summed E-state index contributed by atoms with van der Waals surface area (Å²) >= 11 is 7.61. The predicted octanol–water partition coefficient (Wildman–Crippen LogP) is 3.87. The third-order valence-electron chi connectivity index (χ3n) is 2.98. The van der Waals surface area contributed by atoms with Crippen molar-refractivity contribution in [3.63, 3.8) is 0 Å². The van der Waals surface area contributed by atoms with E-state index in [9.17, 15) is 5.11 Å². The van der Waals surface area contributed by atoms with Gasteiger partial charge in [-0.05, 0) is 24.5 Å². The highest BCUT2D eigenvalue weighted by atomic mass is 35.5. The molecule has 102 valence electrons. The first-order valence-electron chi connectivity index (χ1n) is 5.98. The fourth-order valence-electron chi connectivity index (χ4n) is 1.91. The lowest BCUT2D eigenvalue weighted by Crippen LogP contribution is -2.21. The Morgan fingerprint density at radius 1 is 1.37 bits per heavy atom. The van der Waals surface area contributed by atoms with Crippen LogP contribution in [0.2, 0.25) is 5.02 Å². The summed E-state index contributed by atoms with van der Waals surface area (Å²) < 4.78 is 1.76. The summed E-state index contributed by atoms with van der Waals surface area (Å²) in [6, 6.07) is 7.13. The number of phenols is 1. The quantitative estimate of drug-likeness (QED) is 0.930. The molecule has 2 rings (SSSR count). The Hall–Kier alpha value is -1.13. The highest BCUT2D eigenvalue weighted by Crippen LogP contribution is 2.28. The van der Waals surface area contributed by atoms with Crippen LogP contribution >= 0.6 is 23.4 Å². The number of benzene rings is 1. The van der Waals surface area contributed by atoms with E-state index in [-0.39, 0.29) is 11.2 Å². The summed E-state index contributed by atoms with van der Waals surface area (Å²) in [7, 11) is 0. The Labute approximate surface area is 122 Å². The average Bonchev–Trinajstić information content (AvgIpc) is 2.83. The molecular weight excluding hydrogens is 280 g/mol. The minimum atomic E-state index is 0.0269. The molecule has 0 aliphatic carbocycles. The summed E-state index contributed by atoms with van der Waals surface area (Å²) in [5, 5.41) is 14.6. The van der Waals surface area contributed by atoms with Gasteiger partial charge in [0.2, 0.25) is 0 Å². The van der Waals surface area contributed by atoms with E-state index < -0.39 is 0 Å². The number of hydrogen-bond donors (Lipinski definition) is 1. The van der Waals surface area contributed by atoms with Gasteiger partial charge in [-0.2, -0.15) is 16.9 Å². The van der Waals surface area contributed by atoms with Gasteiger partial charge in [-0.3, -0.25) is 0 Å². The fourth-order valence-corrected chi connectivity index (χ4v) is 2.89.